The van der Waals surface area contributed by atoms with Crippen molar-refractivity contribution in [1.29, 1.82) is 0 Å². The molecule has 1 N–H and O–H groups in total. The quantitative estimate of drug-likeness (QED) is 0.546. The van der Waals surface area contributed by atoms with Gasteiger partial charge in [0.2, 0.25) is 0 Å². The molecule has 0 aliphatic rings. The second-order valence-electron chi connectivity index (χ2n) is 7.14. The minimum absolute atomic E-state index is 0.144. The molecule has 1 heterocycles. The van der Waals surface area contributed by atoms with Gasteiger partial charge in [-0.3, -0.25) is 9.69 Å². The SMILES string of the molecule is C[NH+](C)CCN(C(=O)COc1ccc(Cl)cc1)c1nc2ccc(S(C)(=O)=O)cc2s1. The number of hydrogen-bond acceptors (Lipinski definition) is 6. The van der Waals surface area contributed by atoms with Gasteiger partial charge in [0.25, 0.3) is 5.91 Å². The second-order valence-corrected chi connectivity index (χ2v) is 10.6. The summed E-state index contributed by atoms with van der Waals surface area (Å²) in [4.78, 5) is 20.5. The zero-order valence-corrected chi connectivity index (χ0v) is 19.3. The zero-order valence-electron chi connectivity index (χ0n) is 16.9. The molecule has 0 fully saturated rings. The van der Waals surface area contributed by atoms with Crippen molar-refractivity contribution >= 4 is 54.0 Å². The summed E-state index contributed by atoms with van der Waals surface area (Å²) in [6.07, 6.45) is 1.17. The number of carbonyl (C=O) groups excluding carboxylic acids is 1. The lowest BCUT2D eigenvalue weighted by Crippen LogP contribution is -3.06. The molecule has 0 radical (unpaired) electrons. The maximum absolute atomic E-state index is 12.9. The molecule has 0 aliphatic carbocycles. The Morgan fingerprint density at radius 3 is 2.53 bits per heavy atom. The largest absolute Gasteiger partial charge is 0.484 e. The number of fused-ring (bicyclic) bond motifs is 1. The molecule has 30 heavy (non-hydrogen) atoms. The van der Waals surface area contributed by atoms with Gasteiger partial charge in [-0.15, -0.1) is 0 Å². The molecule has 1 amide bonds. The van der Waals surface area contributed by atoms with Crippen molar-refractivity contribution < 1.29 is 22.8 Å². The number of hydrogen-bond donors (Lipinski definition) is 1. The summed E-state index contributed by atoms with van der Waals surface area (Å²) >= 11 is 7.16. The van der Waals surface area contributed by atoms with Gasteiger partial charge < -0.3 is 9.64 Å². The van der Waals surface area contributed by atoms with E-state index in [9.17, 15) is 13.2 Å². The number of nitrogens with zero attached hydrogens (tertiary/aromatic N) is 2. The summed E-state index contributed by atoms with van der Waals surface area (Å²) in [6.45, 7) is 1.04. The van der Waals surface area contributed by atoms with E-state index in [4.69, 9.17) is 16.3 Å². The highest BCUT2D eigenvalue weighted by Crippen LogP contribution is 2.30. The van der Waals surface area contributed by atoms with Crippen LogP contribution in [0.2, 0.25) is 5.02 Å². The monoisotopic (exact) mass is 468 g/mol. The summed E-state index contributed by atoms with van der Waals surface area (Å²) in [5, 5.41) is 1.11. The minimum atomic E-state index is -3.32. The third kappa shape index (κ3) is 5.69. The smallest absolute Gasteiger partial charge is 0.266 e. The van der Waals surface area contributed by atoms with Crippen LogP contribution in [0.4, 0.5) is 5.13 Å². The lowest BCUT2D eigenvalue weighted by Gasteiger charge is -2.20. The molecule has 3 aromatic rings. The molecule has 0 unspecified atom stereocenters. The first-order valence-electron chi connectivity index (χ1n) is 9.22. The van der Waals surface area contributed by atoms with Gasteiger partial charge in [-0.1, -0.05) is 22.9 Å². The van der Waals surface area contributed by atoms with E-state index in [1.807, 2.05) is 14.1 Å². The van der Waals surface area contributed by atoms with E-state index < -0.39 is 9.84 Å². The number of benzene rings is 2. The Balaban J connectivity index is 1.84. The average Bonchev–Trinajstić information content (AvgIpc) is 3.09. The number of amides is 1. The topological polar surface area (TPSA) is 81.0 Å². The van der Waals surface area contributed by atoms with Crippen LogP contribution in [0.15, 0.2) is 47.4 Å². The van der Waals surface area contributed by atoms with Gasteiger partial charge in [-0.2, -0.15) is 0 Å². The lowest BCUT2D eigenvalue weighted by molar-refractivity contribution is -0.856. The fourth-order valence-corrected chi connectivity index (χ4v) is 4.55. The summed E-state index contributed by atoms with van der Waals surface area (Å²) in [6, 6.07) is 11.6. The molecule has 7 nitrogen and oxygen atoms in total. The van der Waals surface area contributed by atoms with E-state index >= 15 is 0 Å². The van der Waals surface area contributed by atoms with Gasteiger partial charge in [0.15, 0.2) is 21.6 Å². The maximum atomic E-state index is 12.9. The number of ether oxygens (including phenoxy) is 1. The molecule has 0 saturated heterocycles. The van der Waals surface area contributed by atoms with Crippen molar-refractivity contribution in [3.63, 3.8) is 0 Å². The van der Waals surface area contributed by atoms with Gasteiger partial charge >= 0.3 is 0 Å². The zero-order chi connectivity index (χ0) is 21.9. The normalized spacial score (nSPS) is 11.8. The van der Waals surface area contributed by atoms with Crippen molar-refractivity contribution in [3.8, 4) is 5.75 Å². The predicted octanol–water partition coefficient (Wildman–Crippen LogP) is 1.91. The Kier molecular flexibility index (Phi) is 6.97. The molecule has 0 spiro atoms. The summed E-state index contributed by atoms with van der Waals surface area (Å²) in [5.74, 6) is 0.321. The van der Waals surface area contributed by atoms with Crippen LogP contribution < -0.4 is 14.5 Å². The van der Waals surface area contributed by atoms with Gasteiger partial charge in [0, 0.05) is 11.3 Å². The molecule has 0 aliphatic heterocycles. The number of aromatic nitrogens is 1. The van der Waals surface area contributed by atoms with Crippen molar-refractivity contribution in [2.75, 3.05) is 44.9 Å². The third-order valence-electron chi connectivity index (χ3n) is 4.32. The fourth-order valence-electron chi connectivity index (χ4n) is 2.66. The molecule has 1 aromatic heterocycles. The molecule has 0 bridgehead atoms. The number of sulfone groups is 1. The fraction of sp³-hybridized carbons (Fsp3) is 0.300. The van der Waals surface area contributed by atoms with Gasteiger partial charge in [0.1, 0.15) is 5.75 Å². The first-order valence-corrected chi connectivity index (χ1v) is 12.3. The highest BCUT2D eigenvalue weighted by molar-refractivity contribution is 7.90. The van der Waals surface area contributed by atoms with Crippen molar-refractivity contribution in [3.05, 3.63) is 47.5 Å². The molecule has 3 rings (SSSR count). The Hall–Kier alpha value is -2.20. The number of nitrogens with one attached hydrogen (secondary N) is 1. The van der Waals surface area contributed by atoms with Crippen LogP contribution in [0.3, 0.4) is 0 Å². The molecule has 0 saturated carbocycles. The second kappa shape index (κ2) is 9.30. The standard InChI is InChI=1S/C20H22ClN3O4S2/c1-23(2)10-11-24(19(25)13-28-15-6-4-14(21)5-7-15)20-22-17-9-8-16(30(3,26)27)12-18(17)29-20/h4-9,12H,10-11,13H2,1-3H3/p+1. The van der Waals surface area contributed by atoms with Crippen LogP contribution in [0.25, 0.3) is 10.2 Å². The number of carbonyl (C=O) groups is 1. The van der Waals surface area contributed by atoms with Crippen LogP contribution >= 0.6 is 22.9 Å². The van der Waals surface area contributed by atoms with Gasteiger partial charge in [0.05, 0.1) is 42.3 Å². The first kappa shape index (κ1) is 22.5. The minimum Gasteiger partial charge on any atom is -0.484 e. The third-order valence-corrected chi connectivity index (χ3v) is 6.72. The number of likely N-dealkylation sites (N-methyl/N-ethyl adjacent to an activating group) is 1. The Bertz CT molecular complexity index is 1140. The Labute approximate surface area is 184 Å². The average molecular weight is 469 g/mol. The molecular weight excluding hydrogens is 446 g/mol. The van der Waals surface area contributed by atoms with E-state index in [0.717, 1.165) is 6.54 Å². The van der Waals surface area contributed by atoms with Crippen LogP contribution in [-0.4, -0.2) is 59.4 Å². The summed E-state index contributed by atoms with van der Waals surface area (Å²) in [7, 11) is 0.687. The molecule has 2 aromatic carbocycles. The molecule has 0 atom stereocenters. The lowest BCUT2D eigenvalue weighted by atomic mass is 10.3. The van der Waals surface area contributed by atoms with E-state index in [0.29, 0.717) is 32.7 Å². The van der Waals surface area contributed by atoms with Gasteiger partial charge in [-0.05, 0) is 42.5 Å². The molecular formula is C20H23ClN3O4S2+. The van der Waals surface area contributed by atoms with Crippen LogP contribution in [0, 0.1) is 0 Å². The highest BCUT2D eigenvalue weighted by atomic mass is 35.5. The first-order chi connectivity index (χ1) is 14.1. The number of anilines is 1. The van der Waals surface area contributed by atoms with Crippen LogP contribution in [0.1, 0.15) is 0 Å². The van der Waals surface area contributed by atoms with Crippen molar-refractivity contribution in [2.24, 2.45) is 0 Å². The van der Waals surface area contributed by atoms with Crippen molar-refractivity contribution in [2.45, 2.75) is 4.90 Å². The Morgan fingerprint density at radius 1 is 1.20 bits per heavy atom. The van der Waals surface area contributed by atoms with E-state index in [1.165, 1.54) is 28.6 Å². The summed E-state index contributed by atoms with van der Waals surface area (Å²) in [5.41, 5.74) is 0.649. The van der Waals surface area contributed by atoms with Gasteiger partial charge in [-0.25, -0.2) is 13.4 Å². The number of halogens is 1. The number of thiazole rings is 1. The van der Waals surface area contributed by atoms with Crippen molar-refractivity contribution in [1.82, 2.24) is 4.98 Å². The number of rotatable bonds is 8. The molecule has 10 heteroatoms. The highest BCUT2D eigenvalue weighted by Gasteiger charge is 2.22. The Morgan fingerprint density at radius 2 is 1.90 bits per heavy atom. The van der Waals surface area contributed by atoms with Crippen LogP contribution in [0.5, 0.6) is 5.75 Å². The number of quaternary nitrogens is 1. The van der Waals surface area contributed by atoms with E-state index in [1.54, 1.807) is 41.3 Å². The van der Waals surface area contributed by atoms with E-state index in [-0.39, 0.29) is 17.4 Å². The van der Waals surface area contributed by atoms with Crippen LogP contribution in [-0.2, 0) is 14.6 Å². The summed E-state index contributed by atoms with van der Waals surface area (Å²) < 4.78 is 30.0. The molecule has 160 valence electrons. The predicted molar refractivity (Wildman–Crippen MR) is 120 cm³/mol. The maximum Gasteiger partial charge on any atom is 0.266 e. The van der Waals surface area contributed by atoms with E-state index in [2.05, 4.69) is 4.98 Å².